The summed E-state index contributed by atoms with van der Waals surface area (Å²) in [6.07, 6.45) is 4.66. The van der Waals surface area contributed by atoms with Crippen LogP contribution in [0.4, 0.5) is 0 Å². The highest BCUT2D eigenvalue weighted by Crippen LogP contribution is 2.47. The minimum Gasteiger partial charge on any atom is -0.478 e. The van der Waals surface area contributed by atoms with Gasteiger partial charge in [0, 0.05) is 33.6 Å². The molecule has 0 aliphatic heterocycles. The maximum absolute atomic E-state index is 12.3. The largest absolute Gasteiger partial charge is 0.478 e. The van der Waals surface area contributed by atoms with Crippen molar-refractivity contribution in [2.75, 3.05) is 7.05 Å². The first-order chi connectivity index (χ1) is 13.9. The average molecular weight is 407 g/mol. The van der Waals surface area contributed by atoms with Crippen molar-refractivity contribution in [3.8, 4) is 21.6 Å². The molecule has 1 aliphatic carbocycles. The zero-order chi connectivity index (χ0) is 20.6. The standard InChI is InChI=1S/C24H26N2O2S/c1-24(2)11-10-20-18(13-24)21(23(27)28)22(29-20)17-8-5-4-7-15(17)16-9-6-12-26-19(16)14-25-3/h4-9,12,25H,10-11,13-14H2,1-3H3,(H,27,28). The average Bonchev–Trinajstić information content (AvgIpc) is 3.06. The van der Waals surface area contributed by atoms with E-state index in [4.69, 9.17) is 0 Å². The fourth-order valence-corrected chi connectivity index (χ4v) is 5.59. The molecule has 3 aromatic rings. The lowest BCUT2D eigenvalue weighted by molar-refractivity contribution is 0.0696. The smallest absolute Gasteiger partial charge is 0.337 e. The van der Waals surface area contributed by atoms with Crippen molar-refractivity contribution in [3.05, 3.63) is 64.3 Å². The molecule has 0 radical (unpaired) electrons. The van der Waals surface area contributed by atoms with Crippen molar-refractivity contribution in [2.24, 2.45) is 5.41 Å². The topological polar surface area (TPSA) is 62.2 Å². The number of benzene rings is 1. The van der Waals surface area contributed by atoms with E-state index >= 15 is 0 Å². The Labute approximate surface area is 175 Å². The molecule has 150 valence electrons. The van der Waals surface area contributed by atoms with Gasteiger partial charge in [-0.25, -0.2) is 4.79 Å². The van der Waals surface area contributed by atoms with E-state index < -0.39 is 5.97 Å². The number of carbonyl (C=O) groups is 1. The second-order valence-electron chi connectivity index (χ2n) is 8.43. The number of hydrogen-bond acceptors (Lipinski definition) is 4. The molecule has 2 aromatic heterocycles. The molecule has 4 rings (SSSR count). The number of hydrogen-bond donors (Lipinski definition) is 2. The molecule has 0 atom stereocenters. The van der Waals surface area contributed by atoms with Crippen LogP contribution in [0.1, 0.15) is 46.8 Å². The quantitative estimate of drug-likeness (QED) is 0.595. The third-order valence-electron chi connectivity index (χ3n) is 5.69. The van der Waals surface area contributed by atoms with E-state index in [-0.39, 0.29) is 5.41 Å². The van der Waals surface area contributed by atoms with E-state index in [9.17, 15) is 9.90 Å². The van der Waals surface area contributed by atoms with Gasteiger partial charge in [-0.05, 0) is 48.9 Å². The van der Waals surface area contributed by atoms with Crippen LogP contribution in [0.2, 0.25) is 0 Å². The van der Waals surface area contributed by atoms with Crippen molar-refractivity contribution in [2.45, 2.75) is 39.7 Å². The zero-order valence-electron chi connectivity index (χ0n) is 17.1. The lowest BCUT2D eigenvalue weighted by Crippen LogP contribution is -2.22. The second kappa shape index (κ2) is 7.73. The summed E-state index contributed by atoms with van der Waals surface area (Å²) in [4.78, 5) is 19.0. The van der Waals surface area contributed by atoms with Crippen molar-refractivity contribution < 1.29 is 9.90 Å². The van der Waals surface area contributed by atoms with Crippen LogP contribution in [0.25, 0.3) is 21.6 Å². The Morgan fingerprint density at radius 2 is 1.90 bits per heavy atom. The molecule has 0 amide bonds. The van der Waals surface area contributed by atoms with E-state index in [1.54, 1.807) is 17.5 Å². The maximum Gasteiger partial charge on any atom is 0.337 e. The van der Waals surface area contributed by atoms with Gasteiger partial charge in [-0.3, -0.25) is 4.98 Å². The molecular weight excluding hydrogens is 380 g/mol. The molecule has 2 heterocycles. The van der Waals surface area contributed by atoms with Crippen molar-refractivity contribution in [3.63, 3.8) is 0 Å². The predicted molar refractivity (Wildman–Crippen MR) is 119 cm³/mol. The van der Waals surface area contributed by atoms with Gasteiger partial charge >= 0.3 is 5.97 Å². The molecular formula is C24H26N2O2S. The Kier molecular flexibility index (Phi) is 5.28. The molecule has 0 spiro atoms. The van der Waals surface area contributed by atoms with Crippen LogP contribution >= 0.6 is 11.3 Å². The number of aryl methyl sites for hydroxylation is 1. The van der Waals surface area contributed by atoms with Gasteiger partial charge in [-0.1, -0.05) is 44.2 Å². The monoisotopic (exact) mass is 406 g/mol. The van der Waals surface area contributed by atoms with E-state index in [1.807, 2.05) is 31.3 Å². The van der Waals surface area contributed by atoms with Gasteiger partial charge < -0.3 is 10.4 Å². The Bertz CT molecular complexity index is 1070. The van der Waals surface area contributed by atoms with Crippen LogP contribution in [0, 0.1) is 5.41 Å². The second-order valence-corrected chi connectivity index (χ2v) is 9.53. The van der Waals surface area contributed by atoms with E-state index in [0.29, 0.717) is 12.1 Å². The molecule has 0 fully saturated rings. The minimum absolute atomic E-state index is 0.137. The van der Waals surface area contributed by atoms with Gasteiger partial charge in [0.15, 0.2) is 0 Å². The highest BCUT2D eigenvalue weighted by Gasteiger charge is 2.33. The number of carboxylic acids is 1. The molecule has 5 heteroatoms. The summed E-state index contributed by atoms with van der Waals surface area (Å²) in [6.45, 7) is 5.12. The lowest BCUT2D eigenvalue weighted by atomic mass is 9.75. The molecule has 0 bridgehead atoms. The predicted octanol–water partition coefficient (Wildman–Crippen LogP) is 5.41. The Morgan fingerprint density at radius 3 is 2.62 bits per heavy atom. The third kappa shape index (κ3) is 3.72. The SMILES string of the molecule is CNCc1ncccc1-c1ccccc1-c1sc2c(c1C(=O)O)CC(C)(C)CC2. The van der Waals surface area contributed by atoms with Gasteiger partial charge in [0.2, 0.25) is 0 Å². The zero-order valence-corrected chi connectivity index (χ0v) is 17.9. The molecule has 2 N–H and O–H groups in total. The molecule has 0 unspecified atom stereocenters. The highest BCUT2D eigenvalue weighted by atomic mass is 32.1. The summed E-state index contributed by atoms with van der Waals surface area (Å²) >= 11 is 1.66. The van der Waals surface area contributed by atoms with Gasteiger partial charge in [0.1, 0.15) is 0 Å². The van der Waals surface area contributed by atoms with E-state index in [0.717, 1.165) is 52.1 Å². The molecule has 4 nitrogen and oxygen atoms in total. The van der Waals surface area contributed by atoms with Crippen LogP contribution in [0.3, 0.4) is 0 Å². The molecule has 1 aromatic carbocycles. The summed E-state index contributed by atoms with van der Waals surface area (Å²) in [5.41, 5.74) is 5.67. The maximum atomic E-state index is 12.3. The molecule has 0 saturated carbocycles. The molecule has 1 aliphatic rings. The van der Waals surface area contributed by atoms with Crippen LogP contribution in [-0.2, 0) is 19.4 Å². The number of fused-ring (bicyclic) bond motifs is 1. The summed E-state index contributed by atoms with van der Waals surface area (Å²) in [7, 11) is 1.90. The summed E-state index contributed by atoms with van der Waals surface area (Å²) in [5.74, 6) is -0.827. The Balaban J connectivity index is 1.93. The Hall–Kier alpha value is -2.50. The fourth-order valence-electron chi connectivity index (χ4n) is 4.24. The lowest BCUT2D eigenvalue weighted by Gasteiger charge is -2.29. The van der Waals surface area contributed by atoms with Gasteiger partial charge in [-0.15, -0.1) is 11.3 Å². The minimum atomic E-state index is -0.827. The van der Waals surface area contributed by atoms with Crippen molar-refractivity contribution in [1.82, 2.24) is 10.3 Å². The van der Waals surface area contributed by atoms with Crippen LogP contribution in [0.5, 0.6) is 0 Å². The molecule has 29 heavy (non-hydrogen) atoms. The number of nitrogens with one attached hydrogen (secondary N) is 1. The number of thiophene rings is 1. The van der Waals surface area contributed by atoms with Gasteiger partial charge in [0.05, 0.1) is 11.3 Å². The first kappa shape index (κ1) is 19.8. The number of aromatic carboxylic acids is 1. The van der Waals surface area contributed by atoms with Gasteiger partial charge in [0.25, 0.3) is 0 Å². The first-order valence-electron chi connectivity index (χ1n) is 9.97. The number of carboxylic acid groups (broad SMARTS) is 1. The number of pyridine rings is 1. The number of nitrogens with zero attached hydrogens (tertiary/aromatic N) is 1. The first-order valence-corrected chi connectivity index (χ1v) is 10.8. The number of rotatable bonds is 5. The number of aromatic nitrogens is 1. The van der Waals surface area contributed by atoms with Crippen molar-refractivity contribution in [1.29, 1.82) is 0 Å². The summed E-state index contributed by atoms with van der Waals surface area (Å²) < 4.78 is 0. The normalized spacial score (nSPS) is 15.1. The van der Waals surface area contributed by atoms with Crippen LogP contribution in [-0.4, -0.2) is 23.1 Å². The highest BCUT2D eigenvalue weighted by molar-refractivity contribution is 7.16. The Morgan fingerprint density at radius 1 is 1.17 bits per heavy atom. The van der Waals surface area contributed by atoms with Gasteiger partial charge in [-0.2, -0.15) is 0 Å². The van der Waals surface area contributed by atoms with E-state index in [1.165, 1.54) is 4.88 Å². The summed E-state index contributed by atoms with van der Waals surface area (Å²) in [6, 6.07) is 12.1. The van der Waals surface area contributed by atoms with Crippen LogP contribution in [0.15, 0.2) is 42.6 Å². The molecule has 0 saturated heterocycles. The van der Waals surface area contributed by atoms with Crippen molar-refractivity contribution >= 4 is 17.3 Å². The fraction of sp³-hybridized carbons (Fsp3) is 0.333. The third-order valence-corrected chi connectivity index (χ3v) is 7.01. The van der Waals surface area contributed by atoms with E-state index in [2.05, 4.69) is 36.3 Å². The summed E-state index contributed by atoms with van der Waals surface area (Å²) in [5, 5.41) is 13.3. The van der Waals surface area contributed by atoms with Crippen LogP contribution < -0.4 is 5.32 Å².